The zero-order chi connectivity index (χ0) is 16.7. The van der Waals surface area contributed by atoms with Gasteiger partial charge in [-0.05, 0) is 81.3 Å². The van der Waals surface area contributed by atoms with E-state index in [9.17, 15) is 0 Å². The van der Waals surface area contributed by atoms with Crippen molar-refractivity contribution < 1.29 is 4.74 Å². The Balaban J connectivity index is 1.87. The van der Waals surface area contributed by atoms with Crippen molar-refractivity contribution in [2.45, 2.75) is 53.4 Å². The lowest BCUT2D eigenvalue weighted by molar-refractivity contribution is 0.237. The predicted octanol–water partition coefficient (Wildman–Crippen LogP) is 3.63. The minimum absolute atomic E-state index is 0.809. The highest BCUT2D eigenvalue weighted by Crippen LogP contribution is 2.29. The molecule has 1 N–H and O–H groups in total. The lowest BCUT2D eigenvalue weighted by Crippen LogP contribution is -2.43. The topological polar surface area (TPSA) is 24.5 Å². The van der Waals surface area contributed by atoms with E-state index in [2.05, 4.69) is 44.0 Å². The van der Waals surface area contributed by atoms with E-state index in [0.717, 1.165) is 31.9 Å². The number of piperazine rings is 1. The summed E-state index contributed by atoms with van der Waals surface area (Å²) in [5.41, 5.74) is 5.67. The fourth-order valence-electron chi connectivity index (χ4n) is 3.42. The summed E-state index contributed by atoms with van der Waals surface area (Å²) in [4.78, 5) is 2.59. The predicted molar refractivity (Wildman–Crippen MR) is 98.7 cm³/mol. The van der Waals surface area contributed by atoms with E-state index < -0.39 is 0 Å². The smallest absolute Gasteiger partial charge is 0.122 e. The van der Waals surface area contributed by atoms with E-state index in [1.54, 1.807) is 0 Å². The number of nitrogens with one attached hydrogen (secondary N) is 1. The minimum atomic E-state index is 0.809. The summed E-state index contributed by atoms with van der Waals surface area (Å²) >= 11 is 0. The molecule has 1 fully saturated rings. The maximum Gasteiger partial charge on any atom is 0.122 e. The molecule has 3 nitrogen and oxygen atoms in total. The van der Waals surface area contributed by atoms with E-state index in [1.807, 2.05) is 0 Å². The Morgan fingerprint density at radius 2 is 1.83 bits per heavy atom. The fourth-order valence-corrected chi connectivity index (χ4v) is 3.42. The van der Waals surface area contributed by atoms with E-state index in [1.165, 1.54) is 61.2 Å². The van der Waals surface area contributed by atoms with Gasteiger partial charge in [-0.1, -0.05) is 6.92 Å². The summed E-state index contributed by atoms with van der Waals surface area (Å²) in [6.07, 6.45) is 4.83. The summed E-state index contributed by atoms with van der Waals surface area (Å²) < 4.78 is 5.89. The lowest BCUT2D eigenvalue weighted by atomic mass is 9.93. The second-order valence-corrected chi connectivity index (χ2v) is 6.82. The molecule has 0 radical (unpaired) electrons. The van der Waals surface area contributed by atoms with Crippen LogP contribution in [0.2, 0.25) is 0 Å². The number of nitrogens with zero attached hydrogens (tertiary/aromatic N) is 1. The number of benzene rings is 1. The standard InChI is InChI=1S/C20H34N2O/c1-5-14-23-20-15-16(2)19(17(3)18(20)4)8-6-7-11-22-12-9-21-10-13-22/h15,21H,5-14H2,1-4H3. The van der Waals surface area contributed by atoms with Crippen molar-refractivity contribution in [2.75, 3.05) is 39.3 Å². The molecule has 0 amide bonds. The first kappa shape index (κ1) is 18.3. The zero-order valence-corrected chi connectivity index (χ0v) is 15.5. The number of rotatable bonds is 8. The van der Waals surface area contributed by atoms with Crippen LogP contribution in [0.5, 0.6) is 5.75 Å². The van der Waals surface area contributed by atoms with Gasteiger partial charge in [0.15, 0.2) is 0 Å². The molecular formula is C20H34N2O. The van der Waals surface area contributed by atoms with Gasteiger partial charge in [0.2, 0.25) is 0 Å². The van der Waals surface area contributed by atoms with Crippen molar-refractivity contribution >= 4 is 0 Å². The first-order chi connectivity index (χ1) is 11.1. The Morgan fingerprint density at radius 1 is 1.09 bits per heavy atom. The van der Waals surface area contributed by atoms with Crippen molar-refractivity contribution in [3.63, 3.8) is 0 Å². The Morgan fingerprint density at radius 3 is 2.52 bits per heavy atom. The van der Waals surface area contributed by atoms with Crippen LogP contribution in [0.4, 0.5) is 0 Å². The molecule has 1 heterocycles. The highest BCUT2D eigenvalue weighted by atomic mass is 16.5. The molecule has 1 saturated heterocycles. The van der Waals surface area contributed by atoms with Crippen LogP contribution in [0.15, 0.2) is 6.07 Å². The first-order valence-corrected chi connectivity index (χ1v) is 9.29. The van der Waals surface area contributed by atoms with Gasteiger partial charge in [0.1, 0.15) is 5.75 Å². The molecule has 0 saturated carbocycles. The van der Waals surface area contributed by atoms with Crippen LogP contribution in [-0.4, -0.2) is 44.2 Å². The van der Waals surface area contributed by atoms with Gasteiger partial charge in [0, 0.05) is 26.2 Å². The van der Waals surface area contributed by atoms with Crippen molar-refractivity contribution in [3.8, 4) is 5.75 Å². The number of aryl methyl sites for hydroxylation is 1. The second kappa shape index (κ2) is 9.29. The molecule has 1 aromatic rings. The molecule has 0 spiro atoms. The molecule has 0 aliphatic carbocycles. The Bertz CT molecular complexity index is 493. The summed E-state index contributed by atoms with van der Waals surface area (Å²) in [7, 11) is 0. The number of ether oxygens (including phenoxy) is 1. The molecule has 3 heteroatoms. The normalized spacial score (nSPS) is 15.8. The van der Waals surface area contributed by atoms with Gasteiger partial charge in [0.05, 0.1) is 6.61 Å². The summed E-state index contributed by atoms with van der Waals surface area (Å²) in [6.45, 7) is 15.6. The van der Waals surface area contributed by atoms with E-state index in [0.29, 0.717) is 0 Å². The quantitative estimate of drug-likeness (QED) is 0.741. The van der Waals surface area contributed by atoms with Gasteiger partial charge in [-0.2, -0.15) is 0 Å². The lowest BCUT2D eigenvalue weighted by Gasteiger charge is -2.27. The maximum absolute atomic E-state index is 5.89. The van der Waals surface area contributed by atoms with Crippen LogP contribution in [-0.2, 0) is 6.42 Å². The van der Waals surface area contributed by atoms with Crippen molar-refractivity contribution in [1.29, 1.82) is 0 Å². The second-order valence-electron chi connectivity index (χ2n) is 6.82. The van der Waals surface area contributed by atoms with Crippen LogP contribution in [0.25, 0.3) is 0 Å². The summed E-state index contributed by atoms with van der Waals surface area (Å²) in [6, 6.07) is 2.24. The molecule has 2 rings (SSSR count). The minimum Gasteiger partial charge on any atom is -0.493 e. The van der Waals surface area contributed by atoms with Gasteiger partial charge in [-0.15, -0.1) is 0 Å². The third-order valence-corrected chi connectivity index (χ3v) is 5.03. The molecule has 1 aliphatic rings. The SMILES string of the molecule is CCCOc1cc(C)c(CCCCN2CCNCC2)c(C)c1C. The largest absolute Gasteiger partial charge is 0.493 e. The van der Waals surface area contributed by atoms with Gasteiger partial charge in [0.25, 0.3) is 0 Å². The van der Waals surface area contributed by atoms with E-state index in [4.69, 9.17) is 4.74 Å². The van der Waals surface area contributed by atoms with E-state index in [-0.39, 0.29) is 0 Å². The van der Waals surface area contributed by atoms with E-state index >= 15 is 0 Å². The monoisotopic (exact) mass is 318 g/mol. The highest BCUT2D eigenvalue weighted by Gasteiger charge is 2.12. The zero-order valence-electron chi connectivity index (χ0n) is 15.5. The molecule has 0 aromatic heterocycles. The number of unbranched alkanes of at least 4 members (excludes halogenated alkanes) is 1. The average Bonchev–Trinajstić information content (AvgIpc) is 2.57. The van der Waals surface area contributed by atoms with Crippen LogP contribution >= 0.6 is 0 Å². The first-order valence-electron chi connectivity index (χ1n) is 9.29. The molecule has 0 atom stereocenters. The Kier molecular flexibility index (Phi) is 7.38. The molecule has 1 aromatic carbocycles. The van der Waals surface area contributed by atoms with Crippen LogP contribution < -0.4 is 10.1 Å². The Labute approximate surface area is 142 Å². The van der Waals surface area contributed by atoms with Crippen LogP contribution in [0, 0.1) is 20.8 Å². The molecule has 23 heavy (non-hydrogen) atoms. The van der Waals surface area contributed by atoms with Crippen molar-refractivity contribution in [2.24, 2.45) is 0 Å². The van der Waals surface area contributed by atoms with Crippen LogP contribution in [0.1, 0.15) is 48.4 Å². The van der Waals surface area contributed by atoms with Crippen molar-refractivity contribution in [1.82, 2.24) is 10.2 Å². The van der Waals surface area contributed by atoms with Gasteiger partial charge in [-0.25, -0.2) is 0 Å². The molecule has 0 unspecified atom stereocenters. The van der Waals surface area contributed by atoms with Gasteiger partial charge >= 0.3 is 0 Å². The van der Waals surface area contributed by atoms with Crippen molar-refractivity contribution in [3.05, 3.63) is 28.3 Å². The fraction of sp³-hybridized carbons (Fsp3) is 0.700. The molecule has 0 bridgehead atoms. The van der Waals surface area contributed by atoms with Crippen LogP contribution in [0.3, 0.4) is 0 Å². The third kappa shape index (κ3) is 5.22. The van der Waals surface area contributed by atoms with Gasteiger partial charge in [-0.3, -0.25) is 0 Å². The summed E-state index contributed by atoms with van der Waals surface area (Å²) in [5, 5.41) is 3.42. The molecule has 130 valence electrons. The molecule has 1 aliphatic heterocycles. The number of hydrogen-bond acceptors (Lipinski definition) is 3. The summed E-state index contributed by atoms with van der Waals surface area (Å²) in [5.74, 6) is 1.08. The highest BCUT2D eigenvalue weighted by molar-refractivity contribution is 5.48. The Hall–Kier alpha value is -1.06. The van der Waals surface area contributed by atoms with Gasteiger partial charge < -0.3 is 15.0 Å². The number of hydrogen-bond donors (Lipinski definition) is 1. The molecular weight excluding hydrogens is 284 g/mol. The third-order valence-electron chi connectivity index (χ3n) is 5.03. The maximum atomic E-state index is 5.89. The average molecular weight is 319 g/mol.